The molecule has 2 aromatic heterocycles. The van der Waals surface area contributed by atoms with Crippen LogP contribution >= 0.6 is 23.2 Å². The molecule has 0 fully saturated rings. The molecular formula is C28H23Cl2F3N4O4. The Morgan fingerprint density at radius 3 is 2.34 bits per heavy atom. The normalized spacial score (nSPS) is 11.5. The number of primary amides is 1. The van der Waals surface area contributed by atoms with Crippen LogP contribution in [-0.2, 0) is 12.8 Å². The molecule has 0 saturated carbocycles. The SMILES string of the molecule is CNC(=O)c1ccc(C(N)=O)cc1-c1ccc(OCc2c(-c3c(Cl)cccc3Cl)noc2C(C)C)nc1C(F)(F)F. The summed E-state index contributed by atoms with van der Waals surface area (Å²) in [4.78, 5) is 27.9. The van der Waals surface area contributed by atoms with Gasteiger partial charge in [0.25, 0.3) is 5.91 Å². The number of benzene rings is 2. The van der Waals surface area contributed by atoms with E-state index < -0.39 is 29.2 Å². The van der Waals surface area contributed by atoms with Crippen LogP contribution in [0.1, 0.15) is 57.5 Å². The average Bonchev–Trinajstić information content (AvgIpc) is 3.34. The van der Waals surface area contributed by atoms with Gasteiger partial charge in [0.1, 0.15) is 18.1 Å². The van der Waals surface area contributed by atoms with Gasteiger partial charge < -0.3 is 20.3 Å². The van der Waals surface area contributed by atoms with Gasteiger partial charge in [0, 0.05) is 41.3 Å². The van der Waals surface area contributed by atoms with Gasteiger partial charge in [-0.05, 0) is 42.0 Å². The van der Waals surface area contributed by atoms with Gasteiger partial charge in [-0.2, -0.15) is 13.2 Å². The third-order valence-corrected chi connectivity index (χ3v) is 6.74. The van der Waals surface area contributed by atoms with Crippen molar-refractivity contribution in [3.05, 3.63) is 86.7 Å². The van der Waals surface area contributed by atoms with Gasteiger partial charge >= 0.3 is 6.18 Å². The van der Waals surface area contributed by atoms with E-state index in [4.69, 9.17) is 38.2 Å². The molecule has 4 rings (SSSR count). The lowest BCUT2D eigenvalue weighted by Crippen LogP contribution is -2.20. The molecule has 41 heavy (non-hydrogen) atoms. The first-order valence-electron chi connectivity index (χ1n) is 12.1. The maximum atomic E-state index is 14.3. The van der Waals surface area contributed by atoms with E-state index in [0.717, 1.165) is 12.1 Å². The van der Waals surface area contributed by atoms with Gasteiger partial charge in [-0.3, -0.25) is 9.59 Å². The summed E-state index contributed by atoms with van der Waals surface area (Å²) in [5.41, 5.74) is 4.31. The Morgan fingerprint density at radius 2 is 1.76 bits per heavy atom. The minimum absolute atomic E-state index is 0.0828. The number of pyridine rings is 1. The number of carbonyl (C=O) groups is 2. The third-order valence-electron chi connectivity index (χ3n) is 6.11. The zero-order valence-electron chi connectivity index (χ0n) is 21.9. The first kappa shape index (κ1) is 29.9. The van der Waals surface area contributed by atoms with Crippen LogP contribution < -0.4 is 15.8 Å². The molecule has 0 saturated heterocycles. The Kier molecular flexibility index (Phi) is 8.60. The largest absolute Gasteiger partial charge is 0.473 e. The number of carbonyl (C=O) groups excluding carboxylic acids is 2. The molecule has 0 radical (unpaired) electrons. The Bertz CT molecular complexity index is 1620. The van der Waals surface area contributed by atoms with Crippen LogP contribution in [0.5, 0.6) is 5.88 Å². The maximum absolute atomic E-state index is 14.3. The number of alkyl halides is 3. The van der Waals surface area contributed by atoms with E-state index >= 15 is 0 Å². The molecule has 3 N–H and O–H groups in total. The van der Waals surface area contributed by atoms with Gasteiger partial charge in [0.2, 0.25) is 11.8 Å². The van der Waals surface area contributed by atoms with E-state index in [1.807, 2.05) is 13.8 Å². The van der Waals surface area contributed by atoms with E-state index in [2.05, 4.69) is 15.5 Å². The Labute approximate surface area is 242 Å². The highest BCUT2D eigenvalue weighted by Gasteiger charge is 2.37. The summed E-state index contributed by atoms with van der Waals surface area (Å²) in [6.07, 6.45) is -4.95. The van der Waals surface area contributed by atoms with Crippen molar-refractivity contribution in [1.29, 1.82) is 0 Å². The number of hydrogen-bond donors (Lipinski definition) is 2. The molecule has 4 aromatic rings. The van der Waals surface area contributed by atoms with Gasteiger partial charge in [-0.1, -0.05) is 48.3 Å². The fourth-order valence-corrected chi connectivity index (χ4v) is 4.77. The topological polar surface area (TPSA) is 120 Å². The first-order chi connectivity index (χ1) is 19.3. The quantitative estimate of drug-likeness (QED) is 0.225. The molecule has 0 unspecified atom stereocenters. The number of hydrogen-bond acceptors (Lipinski definition) is 6. The first-order valence-corrected chi connectivity index (χ1v) is 12.9. The fourth-order valence-electron chi connectivity index (χ4n) is 4.19. The number of rotatable bonds is 8. The smallest absolute Gasteiger partial charge is 0.434 e. The van der Waals surface area contributed by atoms with Crippen LogP contribution in [0.3, 0.4) is 0 Å². The minimum Gasteiger partial charge on any atom is -0.473 e. The van der Waals surface area contributed by atoms with Crippen molar-refractivity contribution < 1.29 is 32.0 Å². The highest BCUT2D eigenvalue weighted by Crippen LogP contribution is 2.41. The Balaban J connectivity index is 1.79. The molecule has 2 aromatic carbocycles. The predicted octanol–water partition coefficient (Wildman–Crippen LogP) is 6.89. The van der Waals surface area contributed by atoms with Crippen molar-refractivity contribution in [2.45, 2.75) is 32.5 Å². The number of aromatic nitrogens is 2. The monoisotopic (exact) mass is 606 g/mol. The summed E-state index contributed by atoms with van der Waals surface area (Å²) in [7, 11) is 1.33. The van der Waals surface area contributed by atoms with E-state index in [9.17, 15) is 22.8 Å². The summed E-state index contributed by atoms with van der Waals surface area (Å²) < 4.78 is 54.1. The molecule has 0 bridgehead atoms. The molecule has 0 atom stereocenters. The standard InChI is InChI=1S/C28H23Cl2F3N4O4/c1-13(2)24-18(23(37-41-24)22-19(29)5-4-6-20(22)30)12-40-21-10-9-15(25(36-21)28(31,32)33)17-11-14(26(34)38)7-8-16(17)27(39)35-3/h4-11,13H,12H2,1-3H3,(H2,34,38)(H,35,39). The highest BCUT2D eigenvalue weighted by molar-refractivity contribution is 6.39. The molecule has 0 aliphatic carbocycles. The number of amides is 2. The molecule has 2 amide bonds. The Hall–Kier alpha value is -4.09. The number of nitrogens with two attached hydrogens (primary N) is 1. The summed E-state index contributed by atoms with van der Waals surface area (Å²) >= 11 is 12.7. The van der Waals surface area contributed by atoms with Gasteiger partial charge in [0.05, 0.1) is 15.6 Å². The molecule has 8 nitrogen and oxygen atoms in total. The minimum atomic E-state index is -4.95. The molecule has 0 aliphatic rings. The van der Waals surface area contributed by atoms with E-state index in [0.29, 0.717) is 26.9 Å². The van der Waals surface area contributed by atoms with E-state index in [1.165, 1.54) is 25.2 Å². The molecule has 2 heterocycles. The number of nitrogens with one attached hydrogen (secondary N) is 1. The summed E-state index contributed by atoms with van der Waals surface area (Å²) in [6, 6.07) is 10.8. The number of ether oxygens (including phenoxy) is 1. The van der Waals surface area contributed by atoms with Gasteiger partial charge in [0.15, 0.2) is 5.69 Å². The van der Waals surface area contributed by atoms with Crippen molar-refractivity contribution in [1.82, 2.24) is 15.5 Å². The van der Waals surface area contributed by atoms with Crippen LogP contribution in [0, 0.1) is 0 Å². The molecule has 0 aliphatic heterocycles. The highest BCUT2D eigenvalue weighted by atomic mass is 35.5. The maximum Gasteiger partial charge on any atom is 0.434 e. The lowest BCUT2D eigenvalue weighted by atomic mass is 9.95. The van der Waals surface area contributed by atoms with E-state index in [1.54, 1.807) is 18.2 Å². The molecule has 0 spiro atoms. The lowest BCUT2D eigenvalue weighted by molar-refractivity contribution is -0.140. The molecule has 13 heteroatoms. The van der Waals surface area contributed by atoms with Crippen LogP contribution in [-0.4, -0.2) is 29.0 Å². The Morgan fingerprint density at radius 1 is 1.07 bits per heavy atom. The van der Waals surface area contributed by atoms with E-state index in [-0.39, 0.29) is 40.8 Å². The van der Waals surface area contributed by atoms with Crippen molar-refractivity contribution in [3.8, 4) is 28.3 Å². The number of halogens is 5. The zero-order valence-corrected chi connectivity index (χ0v) is 23.4. The van der Waals surface area contributed by atoms with Gasteiger partial charge in [-0.15, -0.1) is 0 Å². The van der Waals surface area contributed by atoms with Gasteiger partial charge in [-0.25, -0.2) is 4.98 Å². The van der Waals surface area contributed by atoms with Crippen molar-refractivity contribution in [2.24, 2.45) is 5.73 Å². The van der Waals surface area contributed by atoms with Crippen molar-refractivity contribution in [3.63, 3.8) is 0 Å². The second-order valence-electron chi connectivity index (χ2n) is 9.16. The van der Waals surface area contributed by atoms with Crippen molar-refractivity contribution in [2.75, 3.05) is 7.05 Å². The second-order valence-corrected chi connectivity index (χ2v) is 9.98. The average molecular weight is 607 g/mol. The zero-order chi connectivity index (χ0) is 30.1. The van der Waals surface area contributed by atoms with Crippen LogP contribution in [0.15, 0.2) is 53.1 Å². The van der Waals surface area contributed by atoms with Crippen LogP contribution in [0.2, 0.25) is 10.0 Å². The molecular weight excluding hydrogens is 584 g/mol. The third kappa shape index (κ3) is 6.15. The predicted molar refractivity (Wildman–Crippen MR) is 147 cm³/mol. The summed E-state index contributed by atoms with van der Waals surface area (Å²) in [5.74, 6) is -1.62. The summed E-state index contributed by atoms with van der Waals surface area (Å²) in [5, 5.41) is 7.08. The lowest BCUT2D eigenvalue weighted by Gasteiger charge is -2.17. The van der Waals surface area contributed by atoms with Crippen LogP contribution in [0.4, 0.5) is 13.2 Å². The van der Waals surface area contributed by atoms with Crippen LogP contribution in [0.25, 0.3) is 22.4 Å². The molecule has 214 valence electrons. The van der Waals surface area contributed by atoms with Crippen molar-refractivity contribution >= 4 is 35.0 Å². The summed E-state index contributed by atoms with van der Waals surface area (Å²) in [6.45, 7) is 3.43. The second kappa shape index (κ2) is 11.8. The number of nitrogens with zero attached hydrogens (tertiary/aromatic N) is 2. The fraction of sp³-hybridized carbons (Fsp3) is 0.214.